The molecule has 1 nitrogen and oxygen atoms in total. The molecule has 0 spiro atoms. The van der Waals surface area contributed by atoms with Crippen LogP contribution in [0.15, 0.2) is 18.2 Å². The lowest BCUT2D eigenvalue weighted by Crippen LogP contribution is -2.32. The van der Waals surface area contributed by atoms with Crippen molar-refractivity contribution < 1.29 is 0 Å². The summed E-state index contributed by atoms with van der Waals surface area (Å²) in [6.07, 6.45) is 2.03. The summed E-state index contributed by atoms with van der Waals surface area (Å²) in [6, 6.07) is 6.19. The van der Waals surface area contributed by atoms with E-state index in [0.29, 0.717) is 12.0 Å². The largest absolute Gasteiger partial charge is 0.317 e. The van der Waals surface area contributed by atoms with Crippen molar-refractivity contribution in [2.45, 2.75) is 32.7 Å². The van der Waals surface area contributed by atoms with Crippen LogP contribution in [0.25, 0.3) is 0 Å². The quantitative estimate of drug-likeness (QED) is 0.837. The van der Waals surface area contributed by atoms with Gasteiger partial charge < -0.3 is 5.32 Å². The predicted octanol–water partition coefficient (Wildman–Crippen LogP) is 4.17. The van der Waals surface area contributed by atoms with Crippen LogP contribution in [0.3, 0.4) is 0 Å². The molecule has 0 aromatic heterocycles. The zero-order chi connectivity index (χ0) is 12.1. The lowest BCUT2D eigenvalue weighted by Gasteiger charge is -2.23. The maximum atomic E-state index is 6.16. The molecule has 1 aromatic rings. The van der Waals surface area contributed by atoms with Crippen molar-refractivity contribution in [1.82, 2.24) is 5.32 Å². The fourth-order valence-electron chi connectivity index (χ4n) is 2.08. The molecule has 0 aliphatic heterocycles. The first-order chi connectivity index (χ1) is 7.60. The highest BCUT2D eigenvalue weighted by atomic mass is 35.5. The molecule has 16 heavy (non-hydrogen) atoms. The smallest absolute Gasteiger partial charge is 0.0452 e. The lowest BCUT2D eigenvalue weighted by atomic mass is 9.92. The molecule has 0 bridgehead atoms. The molecule has 0 amide bonds. The van der Waals surface area contributed by atoms with Gasteiger partial charge in [0.2, 0.25) is 0 Å². The Morgan fingerprint density at radius 2 is 1.81 bits per heavy atom. The normalized spacial score (nSPS) is 14.8. The van der Waals surface area contributed by atoms with Gasteiger partial charge in [-0.15, -0.1) is 0 Å². The summed E-state index contributed by atoms with van der Waals surface area (Å²) in [7, 11) is 2.00. The second-order valence-corrected chi connectivity index (χ2v) is 5.00. The zero-order valence-corrected chi connectivity index (χ0v) is 11.6. The molecule has 0 fully saturated rings. The van der Waals surface area contributed by atoms with Crippen LogP contribution in [0.2, 0.25) is 10.0 Å². The van der Waals surface area contributed by atoms with Gasteiger partial charge in [-0.3, -0.25) is 0 Å². The molecule has 1 aromatic carbocycles. The second kappa shape index (κ2) is 6.48. The Balaban J connectivity index is 2.80. The van der Waals surface area contributed by atoms with E-state index < -0.39 is 0 Å². The number of halogens is 2. The van der Waals surface area contributed by atoms with Gasteiger partial charge in [-0.25, -0.2) is 0 Å². The molecule has 0 saturated carbocycles. The van der Waals surface area contributed by atoms with Crippen molar-refractivity contribution >= 4 is 23.2 Å². The van der Waals surface area contributed by atoms with Crippen molar-refractivity contribution in [2.75, 3.05) is 7.05 Å². The molecule has 2 atom stereocenters. The molecule has 0 aliphatic rings. The first-order valence-corrected chi connectivity index (χ1v) is 6.45. The van der Waals surface area contributed by atoms with Crippen LogP contribution in [-0.2, 0) is 6.42 Å². The second-order valence-electron chi connectivity index (χ2n) is 4.19. The van der Waals surface area contributed by atoms with Crippen LogP contribution < -0.4 is 5.32 Å². The molecule has 0 heterocycles. The number of hydrogen-bond acceptors (Lipinski definition) is 1. The van der Waals surface area contributed by atoms with Gasteiger partial charge in [0.1, 0.15) is 0 Å². The van der Waals surface area contributed by atoms with Gasteiger partial charge in [0.25, 0.3) is 0 Å². The van der Waals surface area contributed by atoms with Gasteiger partial charge in [-0.2, -0.15) is 0 Å². The zero-order valence-electron chi connectivity index (χ0n) is 10.1. The van der Waals surface area contributed by atoms with Crippen LogP contribution in [0.4, 0.5) is 0 Å². The van der Waals surface area contributed by atoms with Crippen molar-refractivity contribution in [3.63, 3.8) is 0 Å². The highest BCUT2D eigenvalue weighted by molar-refractivity contribution is 6.35. The maximum Gasteiger partial charge on any atom is 0.0452 e. The fourth-order valence-corrected chi connectivity index (χ4v) is 2.63. The third-order valence-electron chi connectivity index (χ3n) is 3.09. The van der Waals surface area contributed by atoms with E-state index >= 15 is 0 Å². The van der Waals surface area contributed by atoms with Gasteiger partial charge in [0.15, 0.2) is 0 Å². The summed E-state index contributed by atoms with van der Waals surface area (Å²) in [5, 5.41) is 4.86. The van der Waals surface area contributed by atoms with Gasteiger partial charge in [-0.1, -0.05) is 43.1 Å². The van der Waals surface area contributed by atoms with Gasteiger partial charge >= 0.3 is 0 Å². The maximum absolute atomic E-state index is 6.16. The Labute approximate surface area is 108 Å². The molecular weight excluding hydrogens is 241 g/mol. The van der Waals surface area contributed by atoms with Gasteiger partial charge in [-0.05, 0) is 43.5 Å². The van der Waals surface area contributed by atoms with Gasteiger partial charge in [0.05, 0.1) is 0 Å². The van der Waals surface area contributed by atoms with Crippen LogP contribution in [0.1, 0.15) is 25.8 Å². The Hall–Kier alpha value is -0.240. The van der Waals surface area contributed by atoms with Crippen LogP contribution >= 0.6 is 23.2 Å². The standard InChI is InChI=1S/C13H19Cl2N/c1-4-13(16-3)9(2)8-10-11(14)6-5-7-12(10)15/h5-7,9,13,16H,4,8H2,1-3H3. The minimum Gasteiger partial charge on any atom is -0.317 e. The van der Waals surface area contributed by atoms with E-state index in [1.54, 1.807) is 0 Å². The average Bonchev–Trinajstić information content (AvgIpc) is 2.25. The monoisotopic (exact) mass is 259 g/mol. The van der Waals surface area contributed by atoms with E-state index in [4.69, 9.17) is 23.2 Å². The molecular formula is C13H19Cl2N. The Morgan fingerprint density at radius 1 is 1.25 bits per heavy atom. The van der Waals surface area contributed by atoms with Crippen molar-refractivity contribution in [3.05, 3.63) is 33.8 Å². The van der Waals surface area contributed by atoms with Crippen LogP contribution in [0.5, 0.6) is 0 Å². The number of rotatable bonds is 5. The Bertz CT molecular complexity index is 314. The fraction of sp³-hybridized carbons (Fsp3) is 0.538. The number of nitrogens with one attached hydrogen (secondary N) is 1. The molecule has 3 heteroatoms. The first-order valence-electron chi connectivity index (χ1n) is 5.70. The number of benzene rings is 1. The summed E-state index contributed by atoms with van der Waals surface area (Å²) in [6.45, 7) is 4.41. The molecule has 90 valence electrons. The molecule has 1 N–H and O–H groups in total. The minimum absolute atomic E-state index is 0.507. The molecule has 0 radical (unpaired) electrons. The summed E-state index contributed by atoms with van der Waals surface area (Å²) in [5.41, 5.74) is 1.06. The van der Waals surface area contributed by atoms with Crippen molar-refractivity contribution in [2.24, 2.45) is 5.92 Å². The van der Waals surface area contributed by atoms with E-state index in [9.17, 15) is 0 Å². The summed E-state index contributed by atoms with van der Waals surface area (Å²) < 4.78 is 0. The Morgan fingerprint density at radius 3 is 2.25 bits per heavy atom. The summed E-state index contributed by atoms with van der Waals surface area (Å²) in [4.78, 5) is 0. The van der Waals surface area contributed by atoms with E-state index in [1.807, 2.05) is 25.2 Å². The summed E-state index contributed by atoms with van der Waals surface area (Å²) in [5.74, 6) is 0.521. The first kappa shape index (κ1) is 13.8. The Kier molecular flexibility index (Phi) is 5.60. The van der Waals surface area contributed by atoms with Crippen LogP contribution in [0, 0.1) is 5.92 Å². The van der Waals surface area contributed by atoms with Crippen LogP contribution in [-0.4, -0.2) is 13.1 Å². The minimum atomic E-state index is 0.507. The third kappa shape index (κ3) is 3.38. The number of hydrogen-bond donors (Lipinski definition) is 1. The highest BCUT2D eigenvalue weighted by Gasteiger charge is 2.16. The van der Waals surface area contributed by atoms with Crippen molar-refractivity contribution in [3.8, 4) is 0 Å². The molecule has 1 rings (SSSR count). The van der Waals surface area contributed by atoms with E-state index in [1.165, 1.54) is 0 Å². The highest BCUT2D eigenvalue weighted by Crippen LogP contribution is 2.27. The van der Waals surface area contributed by atoms with E-state index in [-0.39, 0.29) is 0 Å². The lowest BCUT2D eigenvalue weighted by molar-refractivity contribution is 0.387. The molecule has 0 aliphatic carbocycles. The summed E-state index contributed by atoms with van der Waals surface area (Å²) >= 11 is 12.3. The van der Waals surface area contributed by atoms with E-state index in [0.717, 1.165) is 28.5 Å². The van der Waals surface area contributed by atoms with E-state index in [2.05, 4.69) is 19.2 Å². The predicted molar refractivity (Wildman–Crippen MR) is 72.5 cm³/mol. The average molecular weight is 260 g/mol. The molecule has 2 unspecified atom stereocenters. The van der Waals surface area contributed by atoms with Crippen molar-refractivity contribution in [1.29, 1.82) is 0 Å². The molecule has 0 saturated heterocycles. The third-order valence-corrected chi connectivity index (χ3v) is 3.79. The van der Waals surface area contributed by atoms with Gasteiger partial charge in [0, 0.05) is 16.1 Å². The SMILES string of the molecule is CCC(NC)C(C)Cc1c(Cl)cccc1Cl. The topological polar surface area (TPSA) is 12.0 Å².